The predicted molar refractivity (Wildman–Crippen MR) is 79.8 cm³/mol. The molecule has 0 saturated carbocycles. The zero-order chi connectivity index (χ0) is 17.9. The maximum absolute atomic E-state index is 12.6. The number of benzene rings is 1. The van der Waals surface area contributed by atoms with E-state index in [1.165, 1.54) is 17.0 Å². The molecule has 1 aliphatic heterocycles. The normalized spacial score (nSPS) is 21.0. The van der Waals surface area contributed by atoms with Crippen LogP contribution in [-0.4, -0.2) is 41.0 Å². The number of halogens is 3. The number of rotatable bonds is 4. The summed E-state index contributed by atoms with van der Waals surface area (Å²) in [6, 6.07) is 3.97. The standard InChI is InChI=1S/C16H19F3N2O3/c1-2-20-14(23)8-15(24)21-9-12(22)7-13(21)10-3-5-11(6-4-10)16(17,18)19/h3-6,12-13,22H,2,7-9H2,1H3,(H,20,23). The zero-order valence-corrected chi connectivity index (χ0v) is 13.1. The fraction of sp³-hybridized carbons (Fsp3) is 0.500. The minimum Gasteiger partial charge on any atom is -0.391 e. The summed E-state index contributed by atoms with van der Waals surface area (Å²) in [5.41, 5.74) is -0.270. The van der Waals surface area contributed by atoms with E-state index in [-0.39, 0.29) is 19.4 Å². The van der Waals surface area contributed by atoms with Crippen LogP contribution in [0.3, 0.4) is 0 Å². The van der Waals surface area contributed by atoms with Gasteiger partial charge in [0.1, 0.15) is 6.42 Å². The third kappa shape index (κ3) is 4.25. The minimum atomic E-state index is -4.43. The van der Waals surface area contributed by atoms with Crippen LogP contribution in [0.1, 0.15) is 36.9 Å². The molecule has 0 bridgehead atoms. The van der Waals surface area contributed by atoms with Crippen LogP contribution in [0.15, 0.2) is 24.3 Å². The molecule has 1 aromatic carbocycles. The lowest BCUT2D eigenvalue weighted by Crippen LogP contribution is -2.36. The summed E-state index contributed by atoms with van der Waals surface area (Å²) in [7, 11) is 0. The lowest BCUT2D eigenvalue weighted by atomic mass is 10.0. The Balaban J connectivity index is 2.15. The van der Waals surface area contributed by atoms with Crippen LogP contribution in [0.25, 0.3) is 0 Å². The van der Waals surface area contributed by atoms with Crippen molar-refractivity contribution < 1.29 is 27.9 Å². The molecule has 0 spiro atoms. The van der Waals surface area contributed by atoms with Crippen molar-refractivity contribution in [2.24, 2.45) is 0 Å². The third-order valence-electron chi connectivity index (χ3n) is 3.91. The van der Waals surface area contributed by atoms with Crippen molar-refractivity contribution in [1.29, 1.82) is 0 Å². The van der Waals surface area contributed by atoms with E-state index < -0.39 is 35.7 Å². The van der Waals surface area contributed by atoms with E-state index in [0.717, 1.165) is 12.1 Å². The average molecular weight is 344 g/mol. The number of amides is 2. The van der Waals surface area contributed by atoms with Gasteiger partial charge in [-0.25, -0.2) is 0 Å². The molecule has 132 valence electrons. The number of β-amino-alcohol motifs (C(OH)–C–C–N with tert-alkyl or cyclic N) is 1. The molecule has 8 heteroatoms. The molecule has 0 radical (unpaired) electrons. The fourth-order valence-electron chi connectivity index (χ4n) is 2.80. The number of hydrogen-bond donors (Lipinski definition) is 2. The van der Waals surface area contributed by atoms with Gasteiger partial charge in [-0.1, -0.05) is 12.1 Å². The van der Waals surface area contributed by atoms with E-state index in [9.17, 15) is 27.9 Å². The smallest absolute Gasteiger partial charge is 0.391 e. The molecule has 2 unspecified atom stereocenters. The average Bonchev–Trinajstić information content (AvgIpc) is 2.89. The second kappa shape index (κ2) is 7.21. The van der Waals surface area contributed by atoms with Gasteiger partial charge in [0.15, 0.2) is 0 Å². The van der Waals surface area contributed by atoms with Gasteiger partial charge >= 0.3 is 6.18 Å². The molecule has 1 fully saturated rings. The molecule has 2 atom stereocenters. The first-order chi connectivity index (χ1) is 11.2. The van der Waals surface area contributed by atoms with Crippen LogP contribution in [0, 0.1) is 0 Å². The largest absolute Gasteiger partial charge is 0.416 e. The molecule has 2 rings (SSSR count). The summed E-state index contributed by atoms with van der Waals surface area (Å²) >= 11 is 0. The summed E-state index contributed by atoms with van der Waals surface area (Å²) < 4.78 is 37.9. The van der Waals surface area contributed by atoms with E-state index >= 15 is 0 Å². The van der Waals surface area contributed by atoms with E-state index in [0.29, 0.717) is 12.1 Å². The molecule has 24 heavy (non-hydrogen) atoms. The Morgan fingerprint density at radius 3 is 2.46 bits per heavy atom. The summed E-state index contributed by atoms with van der Waals surface area (Å²) in [4.78, 5) is 25.2. The Kier molecular flexibility index (Phi) is 5.48. The summed E-state index contributed by atoms with van der Waals surface area (Å²) in [5.74, 6) is -0.877. The SMILES string of the molecule is CCNC(=O)CC(=O)N1CC(O)CC1c1ccc(C(F)(F)F)cc1. The van der Waals surface area contributed by atoms with Crippen molar-refractivity contribution in [3.8, 4) is 0 Å². The van der Waals surface area contributed by atoms with Gasteiger partial charge < -0.3 is 15.3 Å². The number of carbonyl (C=O) groups excluding carboxylic acids is 2. The van der Waals surface area contributed by atoms with Crippen LogP contribution in [0.4, 0.5) is 13.2 Å². The molecule has 1 heterocycles. The second-order valence-corrected chi connectivity index (χ2v) is 5.70. The number of likely N-dealkylation sites (tertiary alicyclic amines) is 1. The first-order valence-electron chi connectivity index (χ1n) is 7.63. The van der Waals surface area contributed by atoms with Crippen LogP contribution in [-0.2, 0) is 15.8 Å². The molecule has 1 aromatic rings. The monoisotopic (exact) mass is 344 g/mol. The molecular weight excluding hydrogens is 325 g/mol. The van der Waals surface area contributed by atoms with E-state index in [2.05, 4.69) is 5.32 Å². The topological polar surface area (TPSA) is 69.6 Å². The predicted octanol–water partition coefficient (Wildman–Crippen LogP) is 1.87. The number of aliphatic hydroxyl groups excluding tert-OH is 1. The lowest BCUT2D eigenvalue weighted by Gasteiger charge is -2.25. The first kappa shape index (κ1) is 18.3. The Bertz CT molecular complexity index is 602. The number of carbonyl (C=O) groups is 2. The van der Waals surface area contributed by atoms with Gasteiger partial charge in [-0.2, -0.15) is 13.2 Å². The van der Waals surface area contributed by atoms with Gasteiger partial charge in [0, 0.05) is 13.1 Å². The maximum Gasteiger partial charge on any atom is 0.416 e. The fourth-order valence-corrected chi connectivity index (χ4v) is 2.80. The Morgan fingerprint density at radius 2 is 1.92 bits per heavy atom. The molecule has 0 aromatic heterocycles. The molecule has 0 aliphatic carbocycles. The Labute approximate surface area is 137 Å². The van der Waals surface area contributed by atoms with Crippen LogP contribution in [0.2, 0.25) is 0 Å². The van der Waals surface area contributed by atoms with E-state index in [4.69, 9.17) is 0 Å². The van der Waals surface area contributed by atoms with Gasteiger partial charge in [0.2, 0.25) is 11.8 Å². The van der Waals surface area contributed by atoms with Crippen molar-refractivity contribution in [2.45, 2.75) is 38.1 Å². The highest BCUT2D eigenvalue weighted by Gasteiger charge is 2.36. The van der Waals surface area contributed by atoms with Gasteiger partial charge in [-0.3, -0.25) is 9.59 Å². The Hall–Kier alpha value is -2.09. The summed E-state index contributed by atoms with van der Waals surface area (Å²) in [6.07, 6.45) is -5.32. The van der Waals surface area contributed by atoms with Crippen LogP contribution < -0.4 is 5.32 Å². The molecule has 5 nitrogen and oxygen atoms in total. The first-order valence-corrected chi connectivity index (χ1v) is 7.63. The van der Waals surface area contributed by atoms with Gasteiger partial charge in [0.25, 0.3) is 0 Å². The second-order valence-electron chi connectivity index (χ2n) is 5.70. The van der Waals surface area contributed by atoms with Gasteiger partial charge in [-0.05, 0) is 31.0 Å². The Morgan fingerprint density at radius 1 is 1.29 bits per heavy atom. The molecule has 2 N–H and O–H groups in total. The van der Waals surface area contributed by atoms with Crippen molar-refractivity contribution in [2.75, 3.05) is 13.1 Å². The zero-order valence-electron chi connectivity index (χ0n) is 13.1. The van der Waals surface area contributed by atoms with Crippen molar-refractivity contribution in [3.05, 3.63) is 35.4 Å². The number of nitrogens with one attached hydrogen (secondary N) is 1. The van der Waals surface area contributed by atoms with Crippen molar-refractivity contribution in [3.63, 3.8) is 0 Å². The quantitative estimate of drug-likeness (QED) is 0.820. The summed E-state index contributed by atoms with van der Waals surface area (Å²) in [6.45, 7) is 2.19. The lowest BCUT2D eigenvalue weighted by molar-refractivity contribution is -0.138. The number of alkyl halides is 3. The highest BCUT2D eigenvalue weighted by atomic mass is 19.4. The number of nitrogens with zero attached hydrogens (tertiary/aromatic N) is 1. The third-order valence-corrected chi connectivity index (χ3v) is 3.91. The van der Waals surface area contributed by atoms with Crippen LogP contribution in [0.5, 0.6) is 0 Å². The van der Waals surface area contributed by atoms with Gasteiger partial charge in [-0.15, -0.1) is 0 Å². The highest BCUT2D eigenvalue weighted by Crippen LogP contribution is 2.35. The van der Waals surface area contributed by atoms with E-state index in [1.807, 2.05) is 0 Å². The minimum absolute atomic E-state index is 0.0595. The maximum atomic E-state index is 12.6. The summed E-state index contributed by atoms with van der Waals surface area (Å²) in [5, 5.41) is 12.3. The van der Waals surface area contributed by atoms with Crippen molar-refractivity contribution in [1.82, 2.24) is 10.2 Å². The highest BCUT2D eigenvalue weighted by molar-refractivity contribution is 5.97. The van der Waals surface area contributed by atoms with Crippen molar-refractivity contribution >= 4 is 11.8 Å². The van der Waals surface area contributed by atoms with Gasteiger partial charge in [0.05, 0.1) is 17.7 Å². The molecule has 2 amide bonds. The number of aliphatic hydroxyl groups is 1. The molecule has 1 aliphatic rings. The van der Waals surface area contributed by atoms with Crippen LogP contribution >= 0.6 is 0 Å². The van der Waals surface area contributed by atoms with E-state index in [1.54, 1.807) is 6.92 Å². The molecular formula is C16H19F3N2O3. The molecule has 1 saturated heterocycles. The number of hydrogen-bond acceptors (Lipinski definition) is 3.